The summed E-state index contributed by atoms with van der Waals surface area (Å²) in [5, 5.41) is 4.29. The Kier molecular flexibility index (Phi) is 4.22. The van der Waals surface area contributed by atoms with Gasteiger partial charge < -0.3 is 5.32 Å². The van der Waals surface area contributed by atoms with Gasteiger partial charge in [-0.05, 0) is 51.8 Å². The molecule has 0 atom stereocenters. The summed E-state index contributed by atoms with van der Waals surface area (Å²) in [6.45, 7) is 0.585. The zero-order chi connectivity index (χ0) is 14.8. The van der Waals surface area contributed by atoms with Crippen LogP contribution in [0.1, 0.15) is 5.56 Å². The van der Waals surface area contributed by atoms with Crippen molar-refractivity contribution in [3.8, 4) is 0 Å². The van der Waals surface area contributed by atoms with Crippen molar-refractivity contribution in [1.82, 2.24) is 4.98 Å². The molecule has 0 aliphatic carbocycles. The number of fused-ring (bicyclic) bond motifs is 1. The number of nitrogens with zero attached hydrogens (tertiary/aromatic N) is 1. The van der Waals surface area contributed by atoms with Gasteiger partial charge in [-0.15, -0.1) is 0 Å². The zero-order valence-corrected chi connectivity index (χ0v) is 14.1. The Morgan fingerprint density at radius 2 is 1.86 bits per heavy atom. The number of aromatic nitrogens is 1. The average Bonchev–Trinajstić information content (AvgIpc) is 2.50. The Hall–Kier alpha value is -1.46. The lowest BCUT2D eigenvalue weighted by Crippen LogP contribution is -2.01. The van der Waals surface area contributed by atoms with Crippen LogP contribution in [0, 0.1) is 5.82 Å². The van der Waals surface area contributed by atoms with E-state index in [1.165, 1.54) is 6.07 Å². The van der Waals surface area contributed by atoms with E-state index in [-0.39, 0.29) is 5.82 Å². The fourth-order valence-electron chi connectivity index (χ4n) is 2.14. The third-order valence-electron chi connectivity index (χ3n) is 3.20. The van der Waals surface area contributed by atoms with Crippen LogP contribution in [-0.2, 0) is 6.54 Å². The first-order chi connectivity index (χ1) is 10.1. The molecule has 1 heterocycles. The van der Waals surface area contributed by atoms with Gasteiger partial charge in [-0.1, -0.05) is 28.1 Å². The fourth-order valence-corrected chi connectivity index (χ4v) is 2.84. The van der Waals surface area contributed by atoms with Gasteiger partial charge in [-0.25, -0.2) is 4.39 Å². The maximum Gasteiger partial charge on any atom is 0.139 e. The molecule has 0 saturated carbocycles. The molecule has 0 aliphatic heterocycles. The maximum absolute atomic E-state index is 13.5. The minimum Gasteiger partial charge on any atom is -0.381 e. The number of nitrogens with one attached hydrogen (secondary N) is 1. The van der Waals surface area contributed by atoms with Gasteiger partial charge >= 0.3 is 0 Å². The average molecular weight is 410 g/mol. The van der Waals surface area contributed by atoms with E-state index in [9.17, 15) is 4.39 Å². The summed E-state index contributed by atoms with van der Waals surface area (Å²) >= 11 is 6.68. The number of halogens is 3. The number of benzene rings is 2. The second-order valence-corrected chi connectivity index (χ2v) is 6.30. The van der Waals surface area contributed by atoms with Gasteiger partial charge in [0.25, 0.3) is 0 Å². The molecule has 3 rings (SSSR count). The first-order valence-corrected chi connectivity index (χ1v) is 7.95. The van der Waals surface area contributed by atoms with Crippen LogP contribution in [0.4, 0.5) is 10.1 Å². The third-order valence-corrected chi connectivity index (χ3v) is 4.54. The molecule has 0 aliphatic rings. The molecule has 106 valence electrons. The van der Waals surface area contributed by atoms with Gasteiger partial charge in [-0.2, -0.15) is 0 Å². The first kappa shape index (κ1) is 14.5. The molecule has 2 aromatic carbocycles. The van der Waals surface area contributed by atoms with E-state index in [2.05, 4.69) is 42.2 Å². The van der Waals surface area contributed by atoms with Crippen molar-refractivity contribution in [3.05, 3.63) is 69.0 Å². The lowest BCUT2D eigenvalue weighted by atomic mass is 10.1. The quantitative estimate of drug-likeness (QED) is 0.616. The van der Waals surface area contributed by atoms with Crippen molar-refractivity contribution in [2.24, 2.45) is 0 Å². The van der Waals surface area contributed by atoms with Crippen molar-refractivity contribution in [2.45, 2.75) is 6.54 Å². The summed E-state index contributed by atoms with van der Waals surface area (Å²) in [5.74, 6) is -0.279. The molecule has 0 bridgehead atoms. The lowest BCUT2D eigenvalue weighted by Gasteiger charge is -2.10. The van der Waals surface area contributed by atoms with Crippen LogP contribution in [0.15, 0.2) is 57.6 Å². The molecule has 3 aromatic rings. The maximum atomic E-state index is 13.5. The summed E-state index contributed by atoms with van der Waals surface area (Å²) in [5.41, 5.74) is 2.75. The predicted molar refractivity (Wildman–Crippen MR) is 90.9 cm³/mol. The van der Waals surface area contributed by atoms with Crippen LogP contribution in [0.3, 0.4) is 0 Å². The Bertz CT molecular complexity index is 805. The molecule has 5 heteroatoms. The standard InChI is InChI=1S/C16H11Br2FN2/c17-13-5-3-10(16-12(13)2-1-7-20-16)9-21-11-4-6-14(18)15(19)8-11/h1-8,21H,9H2. The van der Waals surface area contributed by atoms with E-state index in [0.717, 1.165) is 26.6 Å². The van der Waals surface area contributed by atoms with Crippen LogP contribution in [-0.4, -0.2) is 4.98 Å². The van der Waals surface area contributed by atoms with Gasteiger partial charge in [0.15, 0.2) is 0 Å². The van der Waals surface area contributed by atoms with E-state index >= 15 is 0 Å². The van der Waals surface area contributed by atoms with Crippen LogP contribution in [0.25, 0.3) is 10.9 Å². The Balaban J connectivity index is 1.88. The van der Waals surface area contributed by atoms with Crippen LogP contribution >= 0.6 is 31.9 Å². The van der Waals surface area contributed by atoms with Crippen molar-refractivity contribution < 1.29 is 4.39 Å². The number of hydrogen-bond donors (Lipinski definition) is 1. The van der Waals surface area contributed by atoms with Gasteiger partial charge in [-0.3, -0.25) is 4.98 Å². The van der Waals surface area contributed by atoms with Gasteiger partial charge in [0.1, 0.15) is 5.82 Å². The molecule has 0 unspecified atom stereocenters. The van der Waals surface area contributed by atoms with Crippen LogP contribution < -0.4 is 5.32 Å². The fraction of sp³-hybridized carbons (Fsp3) is 0.0625. The molecule has 1 aromatic heterocycles. The molecule has 0 radical (unpaired) electrons. The smallest absolute Gasteiger partial charge is 0.139 e. The summed E-state index contributed by atoms with van der Waals surface area (Å²) in [6.07, 6.45) is 1.78. The zero-order valence-electron chi connectivity index (χ0n) is 10.9. The Labute approximate surface area is 138 Å². The molecule has 1 N–H and O–H groups in total. The highest BCUT2D eigenvalue weighted by Gasteiger charge is 2.06. The van der Waals surface area contributed by atoms with E-state index in [1.54, 1.807) is 12.3 Å². The first-order valence-electron chi connectivity index (χ1n) is 6.36. The molecule has 0 spiro atoms. The highest BCUT2D eigenvalue weighted by Crippen LogP contribution is 2.26. The Morgan fingerprint density at radius 3 is 2.67 bits per heavy atom. The molecular weight excluding hydrogens is 399 g/mol. The predicted octanol–water partition coefficient (Wildman–Crippen LogP) is 5.51. The minimum atomic E-state index is -0.279. The highest BCUT2D eigenvalue weighted by atomic mass is 79.9. The summed E-state index contributed by atoms with van der Waals surface area (Å²) in [4.78, 5) is 4.43. The largest absolute Gasteiger partial charge is 0.381 e. The lowest BCUT2D eigenvalue weighted by molar-refractivity contribution is 0.621. The van der Waals surface area contributed by atoms with E-state index < -0.39 is 0 Å². The second-order valence-electron chi connectivity index (χ2n) is 4.59. The van der Waals surface area contributed by atoms with Crippen molar-refractivity contribution in [2.75, 3.05) is 5.32 Å². The van der Waals surface area contributed by atoms with Crippen molar-refractivity contribution >= 4 is 48.5 Å². The summed E-state index contributed by atoms with van der Waals surface area (Å²) in [7, 11) is 0. The number of anilines is 1. The summed E-state index contributed by atoms with van der Waals surface area (Å²) < 4.78 is 15.0. The number of pyridine rings is 1. The van der Waals surface area contributed by atoms with Gasteiger partial charge in [0.05, 0.1) is 9.99 Å². The van der Waals surface area contributed by atoms with Gasteiger partial charge in [0.2, 0.25) is 0 Å². The Morgan fingerprint density at radius 1 is 1.05 bits per heavy atom. The minimum absolute atomic E-state index is 0.279. The highest BCUT2D eigenvalue weighted by molar-refractivity contribution is 9.11. The van der Waals surface area contributed by atoms with Crippen LogP contribution in [0.2, 0.25) is 0 Å². The molecular formula is C16H11Br2FN2. The van der Waals surface area contributed by atoms with E-state index in [1.807, 2.05) is 30.3 Å². The van der Waals surface area contributed by atoms with Crippen LogP contribution in [0.5, 0.6) is 0 Å². The molecule has 21 heavy (non-hydrogen) atoms. The molecule has 0 saturated heterocycles. The van der Waals surface area contributed by atoms with E-state index in [4.69, 9.17) is 0 Å². The SMILES string of the molecule is Fc1cc(NCc2ccc(Br)c3cccnc23)ccc1Br. The number of rotatable bonds is 3. The summed E-state index contributed by atoms with van der Waals surface area (Å²) in [6, 6.07) is 12.9. The second kappa shape index (κ2) is 6.12. The molecule has 0 fully saturated rings. The molecule has 0 amide bonds. The van der Waals surface area contributed by atoms with Crippen molar-refractivity contribution in [3.63, 3.8) is 0 Å². The van der Waals surface area contributed by atoms with Crippen molar-refractivity contribution in [1.29, 1.82) is 0 Å². The topological polar surface area (TPSA) is 24.9 Å². The van der Waals surface area contributed by atoms with E-state index in [0.29, 0.717) is 11.0 Å². The van der Waals surface area contributed by atoms with Gasteiger partial charge in [0, 0.05) is 28.3 Å². The number of hydrogen-bond acceptors (Lipinski definition) is 2. The third kappa shape index (κ3) is 3.09. The molecule has 2 nitrogen and oxygen atoms in total. The normalized spacial score (nSPS) is 10.8. The monoisotopic (exact) mass is 408 g/mol.